The first kappa shape index (κ1) is 17.1. The summed E-state index contributed by atoms with van der Waals surface area (Å²) in [6, 6.07) is 2.09. The molecule has 3 nitrogen and oxygen atoms in total. The molecule has 0 saturated carbocycles. The van der Waals surface area contributed by atoms with E-state index >= 15 is 0 Å². The van der Waals surface area contributed by atoms with Gasteiger partial charge in [-0.25, -0.2) is 4.98 Å². The molecule has 1 aliphatic heterocycles. The zero-order valence-corrected chi connectivity index (χ0v) is 15.7. The van der Waals surface area contributed by atoms with E-state index < -0.39 is 0 Å². The third kappa shape index (κ3) is 3.70. The zero-order chi connectivity index (χ0) is 16.2. The monoisotopic (exact) mass is 351 g/mol. The van der Waals surface area contributed by atoms with Crippen LogP contribution in [-0.4, -0.2) is 45.6 Å². The average Bonchev–Trinajstić information content (AvgIpc) is 2.86. The lowest BCUT2D eigenvalue weighted by atomic mass is 10.1. The third-order valence-electron chi connectivity index (χ3n) is 4.67. The van der Waals surface area contributed by atoms with Gasteiger partial charge < -0.3 is 4.57 Å². The highest BCUT2D eigenvalue weighted by Crippen LogP contribution is 2.28. The Balaban J connectivity index is 1.94. The van der Waals surface area contributed by atoms with Gasteiger partial charge in [-0.1, -0.05) is 31.9 Å². The van der Waals surface area contributed by atoms with E-state index in [1.54, 1.807) is 6.20 Å². The SMILES string of the molecule is CCCc1c(CC)c2cc(Cl)cnc2n1CCN1CCSCC1. The summed E-state index contributed by atoms with van der Waals surface area (Å²) in [6.45, 7) is 9.07. The molecule has 2 aromatic heterocycles. The summed E-state index contributed by atoms with van der Waals surface area (Å²) in [5, 5.41) is 1.98. The van der Waals surface area contributed by atoms with Gasteiger partial charge in [0, 0.05) is 55.0 Å². The van der Waals surface area contributed by atoms with Gasteiger partial charge in [0.1, 0.15) is 5.65 Å². The van der Waals surface area contributed by atoms with Crippen LogP contribution >= 0.6 is 23.4 Å². The quantitative estimate of drug-likeness (QED) is 0.776. The summed E-state index contributed by atoms with van der Waals surface area (Å²) in [4.78, 5) is 7.25. The minimum atomic E-state index is 0.737. The van der Waals surface area contributed by atoms with Crippen molar-refractivity contribution in [2.45, 2.75) is 39.7 Å². The molecule has 0 aromatic carbocycles. The predicted molar refractivity (Wildman–Crippen MR) is 102 cm³/mol. The lowest BCUT2D eigenvalue weighted by molar-refractivity contribution is 0.289. The van der Waals surface area contributed by atoms with E-state index in [2.05, 4.69) is 46.1 Å². The van der Waals surface area contributed by atoms with Gasteiger partial charge >= 0.3 is 0 Å². The second-order valence-electron chi connectivity index (χ2n) is 6.16. The number of aryl methyl sites for hydroxylation is 1. The first-order chi connectivity index (χ1) is 11.2. The van der Waals surface area contributed by atoms with Crippen molar-refractivity contribution in [3.05, 3.63) is 28.5 Å². The first-order valence-corrected chi connectivity index (χ1v) is 10.2. The van der Waals surface area contributed by atoms with E-state index in [9.17, 15) is 0 Å². The lowest BCUT2D eigenvalue weighted by Crippen LogP contribution is -2.35. The molecule has 1 saturated heterocycles. The van der Waals surface area contributed by atoms with Crippen LogP contribution < -0.4 is 0 Å². The van der Waals surface area contributed by atoms with Crippen LogP contribution in [0.3, 0.4) is 0 Å². The maximum Gasteiger partial charge on any atom is 0.140 e. The van der Waals surface area contributed by atoms with E-state index in [1.807, 2.05) is 0 Å². The number of thioether (sulfide) groups is 1. The first-order valence-electron chi connectivity index (χ1n) is 8.70. The van der Waals surface area contributed by atoms with Crippen LogP contribution in [0.15, 0.2) is 12.3 Å². The van der Waals surface area contributed by atoms with Crippen molar-refractivity contribution >= 4 is 34.4 Å². The molecule has 0 atom stereocenters. The summed E-state index contributed by atoms with van der Waals surface area (Å²) < 4.78 is 2.45. The molecule has 0 radical (unpaired) electrons. The molecular formula is C18H26ClN3S. The van der Waals surface area contributed by atoms with Gasteiger partial charge in [-0.2, -0.15) is 11.8 Å². The standard InChI is InChI=1S/C18H26ClN3S/c1-3-5-17-15(4-2)16-12-14(19)13-20-18(16)22(17)7-6-21-8-10-23-11-9-21/h12-13H,3-11H2,1-2H3. The van der Waals surface area contributed by atoms with E-state index in [1.165, 1.54) is 41.2 Å². The van der Waals surface area contributed by atoms with Crippen LogP contribution in [0.1, 0.15) is 31.5 Å². The molecule has 3 rings (SSSR count). The fraction of sp³-hybridized carbons (Fsp3) is 0.611. The maximum absolute atomic E-state index is 6.20. The van der Waals surface area contributed by atoms with Crippen LogP contribution in [-0.2, 0) is 19.4 Å². The fourth-order valence-corrected chi connectivity index (χ4v) is 4.68. The van der Waals surface area contributed by atoms with Crippen molar-refractivity contribution in [1.82, 2.24) is 14.5 Å². The molecule has 0 spiro atoms. The number of fused-ring (bicyclic) bond motifs is 1. The molecule has 2 aromatic rings. The van der Waals surface area contributed by atoms with E-state index in [-0.39, 0.29) is 0 Å². The zero-order valence-electron chi connectivity index (χ0n) is 14.1. The van der Waals surface area contributed by atoms with Gasteiger partial charge in [-0.15, -0.1) is 0 Å². The molecule has 0 bridgehead atoms. The Morgan fingerprint density at radius 1 is 1.22 bits per heavy atom. The number of halogens is 1. The Hall–Kier alpha value is -0.710. The van der Waals surface area contributed by atoms with E-state index in [0.717, 1.165) is 43.0 Å². The van der Waals surface area contributed by atoms with Crippen LogP contribution in [0.25, 0.3) is 11.0 Å². The number of nitrogens with zero attached hydrogens (tertiary/aromatic N) is 3. The van der Waals surface area contributed by atoms with Crippen molar-refractivity contribution in [3.8, 4) is 0 Å². The van der Waals surface area contributed by atoms with Crippen molar-refractivity contribution in [1.29, 1.82) is 0 Å². The van der Waals surface area contributed by atoms with E-state index in [0.29, 0.717) is 0 Å². The molecule has 5 heteroatoms. The smallest absolute Gasteiger partial charge is 0.140 e. The Morgan fingerprint density at radius 2 is 2.00 bits per heavy atom. The van der Waals surface area contributed by atoms with Crippen LogP contribution in [0, 0.1) is 0 Å². The van der Waals surface area contributed by atoms with Crippen LogP contribution in [0.5, 0.6) is 0 Å². The van der Waals surface area contributed by atoms with Crippen molar-refractivity contribution in [2.24, 2.45) is 0 Å². The highest BCUT2D eigenvalue weighted by molar-refractivity contribution is 7.99. The highest BCUT2D eigenvalue weighted by Gasteiger charge is 2.18. The van der Waals surface area contributed by atoms with Gasteiger partial charge in [0.05, 0.1) is 5.02 Å². The molecule has 126 valence electrons. The van der Waals surface area contributed by atoms with Gasteiger partial charge in [-0.05, 0) is 24.5 Å². The summed E-state index contributed by atoms with van der Waals surface area (Å²) in [5.41, 5.74) is 4.01. The number of aromatic nitrogens is 2. The second kappa shape index (κ2) is 7.91. The third-order valence-corrected chi connectivity index (χ3v) is 5.82. The molecule has 23 heavy (non-hydrogen) atoms. The minimum Gasteiger partial charge on any atom is -0.328 e. The molecular weight excluding hydrogens is 326 g/mol. The molecule has 0 amide bonds. The van der Waals surface area contributed by atoms with Crippen LogP contribution in [0.2, 0.25) is 5.02 Å². The minimum absolute atomic E-state index is 0.737. The molecule has 0 N–H and O–H groups in total. The number of hydrogen-bond acceptors (Lipinski definition) is 3. The highest BCUT2D eigenvalue weighted by atomic mass is 35.5. The van der Waals surface area contributed by atoms with Gasteiger partial charge in [0.15, 0.2) is 0 Å². The summed E-state index contributed by atoms with van der Waals surface area (Å²) >= 11 is 8.27. The lowest BCUT2D eigenvalue weighted by Gasteiger charge is -2.26. The van der Waals surface area contributed by atoms with E-state index in [4.69, 9.17) is 11.6 Å². The molecule has 0 unspecified atom stereocenters. The number of pyridine rings is 1. The Labute approximate surface area is 148 Å². The van der Waals surface area contributed by atoms with Crippen LogP contribution in [0.4, 0.5) is 0 Å². The normalized spacial score (nSPS) is 16.3. The van der Waals surface area contributed by atoms with Gasteiger partial charge in [0.2, 0.25) is 0 Å². The summed E-state index contributed by atoms with van der Waals surface area (Å²) in [5.74, 6) is 2.53. The summed E-state index contributed by atoms with van der Waals surface area (Å²) in [6.07, 6.45) is 5.11. The molecule has 1 fully saturated rings. The average molecular weight is 352 g/mol. The van der Waals surface area contributed by atoms with Gasteiger partial charge in [0.25, 0.3) is 0 Å². The number of hydrogen-bond donors (Lipinski definition) is 0. The summed E-state index contributed by atoms with van der Waals surface area (Å²) in [7, 11) is 0. The Bertz CT molecular complexity index is 662. The maximum atomic E-state index is 6.20. The van der Waals surface area contributed by atoms with Gasteiger partial charge in [-0.3, -0.25) is 4.90 Å². The molecule has 0 aliphatic carbocycles. The molecule has 1 aliphatic rings. The predicted octanol–water partition coefficient (Wildman–Crippen LogP) is 4.25. The second-order valence-corrected chi connectivity index (χ2v) is 7.82. The fourth-order valence-electron chi connectivity index (χ4n) is 3.54. The Kier molecular flexibility index (Phi) is 5.89. The van der Waals surface area contributed by atoms with Crippen molar-refractivity contribution in [3.63, 3.8) is 0 Å². The van der Waals surface area contributed by atoms with Crippen molar-refractivity contribution < 1.29 is 0 Å². The van der Waals surface area contributed by atoms with Crippen molar-refractivity contribution in [2.75, 3.05) is 31.1 Å². The topological polar surface area (TPSA) is 21.1 Å². The molecule has 3 heterocycles. The number of rotatable bonds is 6. The Morgan fingerprint density at radius 3 is 2.70 bits per heavy atom. The largest absolute Gasteiger partial charge is 0.328 e.